The van der Waals surface area contributed by atoms with E-state index in [-0.39, 0.29) is 18.2 Å². The number of piperidine rings is 1. The van der Waals surface area contributed by atoms with Crippen LogP contribution < -0.4 is 20.1 Å². The van der Waals surface area contributed by atoms with Crippen molar-refractivity contribution in [3.05, 3.63) is 23.8 Å². The van der Waals surface area contributed by atoms with E-state index in [1.807, 2.05) is 23.1 Å². The number of ether oxygens (including phenoxy) is 2. The molecule has 0 aliphatic carbocycles. The molecule has 2 heterocycles. The topological polar surface area (TPSA) is 97.0 Å². The van der Waals surface area contributed by atoms with Gasteiger partial charge in [-0.15, -0.1) is 0 Å². The summed E-state index contributed by atoms with van der Waals surface area (Å²) in [6.45, 7) is 1.32. The minimum absolute atomic E-state index is 0.0139. The van der Waals surface area contributed by atoms with Gasteiger partial charge in [-0.1, -0.05) is 0 Å². The van der Waals surface area contributed by atoms with Crippen LogP contribution in [0, 0.1) is 0 Å². The molecule has 0 saturated carbocycles. The van der Waals surface area contributed by atoms with Crippen LogP contribution in [0.5, 0.6) is 11.5 Å². The second kappa shape index (κ2) is 8.28. The average Bonchev–Trinajstić information content (AvgIpc) is 3.02. The van der Waals surface area contributed by atoms with Crippen molar-refractivity contribution in [1.29, 1.82) is 0 Å². The monoisotopic (exact) mass is 375 g/mol. The summed E-state index contributed by atoms with van der Waals surface area (Å²) in [7, 11) is 3.29. The number of hydrogen-bond donors (Lipinski definition) is 2. The number of rotatable bonds is 6. The molecule has 0 aromatic heterocycles. The fraction of sp³-hybridized carbons (Fsp3) is 0.526. The quantitative estimate of drug-likeness (QED) is 0.733. The Hall–Kier alpha value is -2.77. The van der Waals surface area contributed by atoms with Gasteiger partial charge >= 0.3 is 6.03 Å². The Morgan fingerprint density at radius 2 is 1.93 bits per heavy atom. The summed E-state index contributed by atoms with van der Waals surface area (Å²) in [5.41, 5.74) is 1.11. The summed E-state index contributed by atoms with van der Waals surface area (Å²) >= 11 is 0. The standard InChI is InChI=1S/C19H25N3O5/c1-26-13-3-5-16(27-2)14(11-13)12-7-9-22(10-8-12)17(23)6-4-15-18(24)21-19(25)20-15/h3,5,11-12,15H,4,6-10H2,1-2H3,(H2,20,21,24,25). The summed E-state index contributed by atoms with van der Waals surface area (Å²) in [6, 6.07) is 4.68. The Morgan fingerprint density at radius 3 is 2.52 bits per heavy atom. The highest BCUT2D eigenvalue weighted by molar-refractivity contribution is 6.04. The van der Waals surface area contributed by atoms with Gasteiger partial charge in [0.25, 0.3) is 5.91 Å². The normalized spacial score (nSPS) is 20.2. The SMILES string of the molecule is COc1ccc(OC)c(C2CCN(C(=O)CCC3NC(=O)NC3=O)CC2)c1. The Labute approximate surface area is 158 Å². The number of methoxy groups -OCH3 is 2. The summed E-state index contributed by atoms with van der Waals surface area (Å²) in [5.74, 6) is 1.58. The van der Waals surface area contributed by atoms with Crippen molar-refractivity contribution in [3.63, 3.8) is 0 Å². The van der Waals surface area contributed by atoms with E-state index in [4.69, 9.17) is 9.47 Å². The Kier molecular flexibility index (Phi) is 5.83. The van der Waals surface area contributed by atoms with Crippen LogP contribution in [0.2, 0.25) is 0 Å². The number of likely N-dealkylation sites (tertiary alicyclic amines) is 1. The molecule has 27 heavy (non-hydrogen) atoms. The maximum atomic E-state index is 12.4. The van der Waals surface area contributed by atoms with Gasteiger partial charge in [-0.3, -0.25) is 14.9 Å². The number of amides is 4. The van der Waals surface area contributed by atoms with Gasteiger partial charge in [0.05, 0.1) is 14.2 Å². The van der Waals surface area contributed by atoms with E-state index in [0.717, 1.165) is 29.9 Å². The van der Waals surface area contributed by atoms with Gasteiger partial charge in [-0.25, -0.2) is 4.79 Å². The molecule has 8 nitrogen and oxygen atoms in total. The minimum atomic E-state index is -0.611. The van der Waals surface area contributed by atoms with Crippen molar-refractivity contribution in [2.75, 3.05) is 27.3 Å². The van der Waals surface area contributed by atoms with Crippen LogP contribution in [0.25, 0.3) is 0 Å². The number of nitrogens with zero attached hydrogens (tertiary/aromatic N) is 1. The molecular weight excluding hydrogens is 350 g/mol. The molecule has 2 fully saturated rings. The van der Waals surface area contributed by atoms with Crippen LogP contribution in [0.1, 0.15) is 37.2 Å². The van der Waals surface area contributed by atoms with Crippen LogP contribution in [0.15, 0.2) is 18.2 Å². The summed E-state index contributed by atoms with van der Waals surface area (Å²) in [5, 5.41) is 4.70. The smallest absolute Gasteiger partial charge is 0.322 e. The molecule has 1 aromatic rings. The van der Waals surface area contributed by atoms with Gasteiger partial charge in [0.15, 0.2) is 0 Å². The number of urea groups is 1. The molecule has 1 aromatic carbocycles. The molecule has 2 aliphatic heterocycles. The zero-order valence-corrected chi connectivity index (χ0v) is 15.6. The third-order valence-electron chi connectivity index (χ3n) is 5.23. The molecule has 146 valence electrons. The van der Waals surface area contributed by atoms with Crippen molar-refractivity contribution in [1.82, 2.24) is 15.5 Å². The predicted octanol–water partition coefficient (Wildman–Crippen LogP) is 1.40. The second-order valence-corrected chi connectivity index (χ2v) is 6.82. The van der Waals surface area contributed by atoms with Gasteiger partial charge in [-0.2, -0.15) is 0 Å². The lowest BCUT2D eigenvalue weighted by Gasteiger charge is -2.33. The number of benzene rings is 1. The lowest BCUT2D eigenvalue weighted by atomic mass is 9.88. The zero-order valence-electron chi connectivity index (χ0n) is 15.6. The number of carbonyl (C=O) groups excluding carboxylic acids is 3. The third-order valence-corrected chi connectivity index (χ3v) is 5.23. The fourth-order valence-corrected chi connectivity index (χ4v) is 3.69. The van der Waals surface area contributed by atoms with Crippen LogP contribution in [0.3, 0.4) is 0 Å². The largest absolute Gasteiger partial charge is 0.497 e. The van der Waals surface area contributed by atoms with Crippen molar-refractivity contribution >= 4 is 17.8 Å². The molecule has 0 radical (unpaired) electrons. The molecule has 2 saturated heterocycles. The van der Waals surface area contributed by atoms with Crippen LogP contribution in [0.4, 0.5) is 4.79 Å². The van der Waals surface area contributed by atoms with E-state index in [9.17, 15) is 14.4 Å². The van der Waals surface area contributed by atoms with Gasteiger partial charge in [0, 0.05) is 25.1 Å². The molecule has 1 unspecified atom stereocenters. The van der Waals surface area contributed by atoms with Crippen LogP contribution in [-0.2, 0) is 9.59 Å². The highest BCUT2D eigenvalue weighted by Gasteiger charge is 2.31. The van der Waals surface area contributed by atoms with E-state index in [1.54, 1.807) is 14.2 Å². The third kappa shape index (κ3) is 4.32. The molecule has 8 heteroatoms. The lowest BCUT2D eigenvalue weighted by molar-refractivity contribution is -0.132. The average molecular weight is 375 g/mol. The maximum absolute atomic E-state index is 12.4. The highest BCUT2D eigenvalue weighted by atomic mass is 16.5. The van der Waals surface area contributed by atoms with E-state index < -0.39 is 12.1 Å². The van der Waals surface area contributed by atoms with Crippen molar-refractivity contribution in [2.24, 2.45) is 0 Å². The molecule has 2 N–H and O–H groups in total. The first-order valence-electron chi connectivity index (χ1n) is 9.13. The molecule has 2 aliphatic rings. The highest BCUT2D eigenvalue weighted by Crippen LogP contribution is 2.36. The fourth-order valence-electron chi connectivity index (χ4n) is 3.69. The Balaban J connectivity index is 1.53. The molecule has 0 bridgehead atoms. The lowest BCUT2D eigenvalue weighted by Crippen LogP contribution is -2.39. The van der Waals surface area contributed by atoms with Gasteiger partial charge in [0.2, 0.25) is 5.91 Å². The molecular formula is C19H25N3O5. The van der Waals surface area contributed by atoms with Crippen LogP contribution >= 0.6 is 0 Å². The summed E-state index contributed by atoms with van der Waals surface area (Å²) in [4.78, 5) is 36.9. The van der Waals surface area contributed by atoms with Crippen molar-refractivity contribution < 1.29 is 23.9 Å². The van der Waals surface area contributed by atoms with Gasteiger partial charge in [0.1, 0.15) is 17.5 Å². The molecule has 0 spiro atoms. The predicted molar refractivity (Wildman–Crippen MR) is 97.8 cm³/mol. The molecule has 3 rings (SSSR count). The minimum Gasteiger partial charge on any atom is -0.497 e. The second-order valence-electron chi connectivity index (χ2n) is 6.82. The number of hydrogen-bond acceptors (Lipinski definition) is 5. The maximum Gasteiger partial charge on any atom is 0.322 e. The number of nitrogens with one attached hydrogen (secondary N) is 2. The summed E-state index contributed by atoms with van der Waals surface area (Å²) < 4.78 is 10.8. The number of carbonyl (C=O) groups is 3. The van der Waals surface area contributed by atoms with E-state index in [1.165, 1.54) is 0 Å². The van der Waals surface area contributed by atoms with Crippen molar-refractivity contribution in [2.45, 2.75) is 37.6 Å². The number of imide groups is 1. The van der Waals surface area contributed by atoms with Crippen molar-refractivity contribution in [3.8, 4) is 11.5 Å². The van der Waals surface area contributed by atoms with E-state index in [0.29, 0.717) is 25.4 Å². The molecule has 1 atom stereocenters. The first kappa shape index (κ1) is 19.0. The Morgan fingerprint density at radius 1 is 1.19 bits per heavy atom. The van der Waals surface area contributed by atoms with E-state index in [2.05, 4.69) is 10.6 Å². The summed E-state index contributed by atoms with van der Waals surface area (Å²) in [6.07, 6.45) is 2.25. The van der Waals surface area contributed by atoms with Gasteiger partial charge < -0.3 is 19.7 Å². The Bertz CT molecular complexity index is 728. The van der Waals surface area contributed by atoms with Gasteiger partial charge in [-0.05, 0) is 43.4 Å². The zero-order chi connectivity index (χ0) is 19.4. The molecule has 4 amide bonds. The van der Waals surface area contributed by atoms with E-state index >= 15 is 0 Å². The first-order chi connectivity index (χ1) is 13.0. The first-order valence-corrected chi connectivity index (χ1v) is 9.13. The van der Waals surface area contributed by atoms with Crippen LogP contribution in [-0.4, -0.2) is 56.1 Å².